The molecule has 1 aromatic rings. The molecule has 17 heavy (non-hydrogen) atoms. The molecule has 1 aromatic heterocycles. The topological polar surface area (TPSA) is 50.3 Å². The van der Waals surface area contributed by atoms with Crippen molar-refractivity contribution in [3.8, 4) is 0 Å². The highest BCUT2D eigenvalue weighted by Crippen LogP contribution is 2.11. The van der Waals surface area contributed by atoms with Gasteiger partial charge in [0.05, 0.1) is 12.6 Å². The molecule has 5 nitrogen and oxygen atoms in total. The zero-order valence-electron chi connectivity index (χ0n) is 11.1. The van der Waals surface area contributed by atoms with Gasteiger partial charge in [0, 0.05) is 27.4 Å². The molecule has 1 rings (SSSR count). The van der Waals surface area contributed by atoms with E-state index in [0.29, 0.717) is 18.6 Å². The van der Waals surface area contributed by atoms with Gasteiger partial charge in [0.25, 0.3) is 0 Å². The normalized spacial score (nSPS) is 12.2. The molecular formula is C12H22N4O. The third kappa shape index (κ3) is 4.56. The van der Waals surface area contributed by atoms with E-state index in [9.17, 15) is 0 Å². The van der Waals surface area contributed by atoms with Gasteiger partial charge in [-0.3, -0.25) is 0 Å². The molecule has 1 heterocycles. The maximum atomic E-state index is 5.19. The summed E-state index contributed by atoms with van der Waals surface area (Å²) in [4.78, 5) is 10.5. The standard InChI is InChI=1S/C12H22N4O/c1-5-6-10(9-17-4)14-11-7-8-13-12(15-11)16(2)3/h7-8,10H,5-6,9H2,1-4H3,(H,13,14,15). The van der Waals surface area contributed by atoms with Crippen LogP contribution >= 0.6 is 0 Å². The van der Waals surface area contributed by atoms with Gasteiger partial charge < -0.3 is 15.0 Å². The number of anilines is 2. The summed E-state index contributed by atoms with van der Waals surface area (Å²) in [7, 11) is 5.57. The molecule has 1 unspecified atom stereocenters. The number of hydrogen-bond acceptors (Lipinski definition) is 5. The number of hydrogen-bond donors (Lipinski definition) is 1. The molecule has 96 valence electrons. The highest BCUT2D eigenvalue weighted by molar-refractivity contribution is 5.41. The molecule has 0 aliphatic heterocycles. The van der Waals surface area contributed by atoms with Gasteiger partial charge in [0.15, 0.2) is 0 Å². The zero-order valence-corrected chi connectivity index (χ0v) is 11.1. The zero-order chi connectivity index (χ0) is 12.7. The van der Waals surface area contributed by atoms with Gasteiger partial charge in [-0.05, 0) is 12.5 Å². The van der Waals surface area contributed by atoms with Crippen LogP contribution in [0, 0.1) is 0 Å². The summed E-state index contributed by atoms with van der Waals surface area (Å²) < 4.78 is 5.19. The van der Waals surface area contributed by atoms with E-state index < -0.39 is 0 Å². The molecule has 0 aliphatic carbocycles. The second-order valence-electron chi connectivity index (χ2n) is 4.22. The molecule has 0 saturated heterocycles. The van der Waals surface area contributed by atoms with Crippen molar-refractivity contribution < 1.29 is 4.74 Å². The Bertz CT molecular complexity index is 324. The number of ether oxygens (including phenoxy) is 1. The van der Waals surface area contributed by atoms with Crippen LogP contribution < -0.4 is 10.2 Å². The predicted octanol–water partition coefficient (Wildman–Crippen LogP) is 1.77. The molecule has 1 atom stereocenters. The Morgan fingerprint density at radius 1 is 1.47 bits per heavy atom. The van der Waals surface area contributed by atoms with Crippen LogP contribution in [0.2, 0.25) is 0 Å². The molecule has 1 N–H and O–H groups in total. The molecule has 0 aromatic carbocycles. The van der Waals surface area contributed by atoms with Crippen LogP contribution in [0.4, 0.5) is 11.8 Å². The Labute approximate surface area is 103 Å². The van der Waals surface area contributed by atoms with Crippen LogP contribution in [0.3, 0.4) is 0 Å². The van der Waals surface area contributed by atoms with Gasteiger partial charge in [0.2, 0.25) is 5.95 Å². The number of rotatable bonds is 7. The number of aromatic nitrogens is 2. The fraction of sp³-hybridized carbons (Fsp3) is 0.667. The third-order valence-corrected chi connectivity index (χ3v) is 2.40. The number of methoxy groups -OCH3 is 1. The summed E-state index contributed by atoms with van der Waals surface area (Å²) in [6, 6.07) is 2.18. The lowest BCUT2D eigenvalue weighted by Crippen LogP contribution is -2.25. The van der Waals surface area contributed by atoms with E-state index in [0.717, 1.165) is 18.7 Å². The van der Waals surface area contributed by atoms with Crippen LogP contribution in [0.15, 0.2) is 12.3 Å². The van der Waals surface area contributed by atoms with E-state index in [1.807, 2.05) is 25.1 Å². The molecule has 0 bridgehead atoms. The molecule has 0 saturated carbocycles. The summed E-state index contributed by atoms with van der Waals surface area (Å²) in [5.74, 6) is 1.56. The maximum absolute atomic E-state index is 5.19. The van der Waals surface area contributed by atoms with Crippen molar-refractivity contribution in [2.45, 2.75) is 25.8 Å². The van der Waals surface area contributed by atoms with Crippen molar-refractivity contribution >= 4 is 11.8 Å². The predicted molar refractivity (Wildman–Crippen MR) is 70.6 cm³/mol. The van der Waals surface area contributed by atoms with Crippen molar-refractivity contribution in [3.05, 3.63) is 12.3 Å². The Hall–Kier alpha value is -1.36. The van der Waals surface area contributed by atoms with E-state index in [4.69, 9.17) is 4.74 Å². The lowest BCUT2D eigenvalue weighted by Gasteiger charge is -2.18. The minimum absolute atomic E-state index is 0.301. The first-order chi connectivity index (χ1) is 8.17. The Morgan fingerprint density at radius 2 is 2.24 bits per heavy atom. The van der Waals surface area contributed by atoms with E-state index >= 15 is 0 Å². The average Bonchev–Trinajstić information content (AvgIpc) is 2.30. The minimum atomic E-state index is 0.301. The van der Waals surface area contributed by atoms with Gasteiger partial charge in [-0.15, -0.1) is 0 Å². The Kier molecular flexibility index (Phi) is 5.69. The van der Waals surface area contributed by atoms with Crippen molar-refractivity contribution in [2.75, 3.05) is 38.0 Å². The van der Waals surface area contributed by atoms with Crippen molar-refractivity contribution in [1.29, 1.82) is 0 Å². The molecular weight excluding hydrogens is 216 g/mol. The number of nitrogens with one attached hydrogen (secondary N) is 1. The van der Waals surface area contributed by atoms with Crippen LogP contribution in [-0.4, -0.2) is 43.8 Å². The summed E-state index contributed by atoms with van der Waals surface area (Å²) in [6.45, 7) is 2.85. The SMILES string of the molecule is CCCC(COC)Nc1ccnc(N(C)C)n1. The van der Waals surface area contributed by atoms with E-state index in [-0.39, 0.29) is 0 Å². The Morgan fingerprint density at radius 3 is 2.82 bits per heavy atom. The second-order valence-corrected chi connectivity index (χ2v) is 4.22. The largest absolute Gasteiger partial charge is 0.383 e. The lowest BCUT2D eigenvalue weighted by atomic mass is 10.2. The fourth-order valence-electron chi connectivity index (χ4n) is 1.60. The first-order valence-corrected chi connectivity index (χ1v) is 5.93. The van der Waals surface area contributed by atoms with E-state index in [1.165, 1.54) is 0 Å². The van der Waals surface area contributed by atoms with Gasteiger partial charge in [-0.1, -0.05) is 13.3 Å². The van der Waals surface area contributed by atoms with Crippen LogP contribution in [0.25, 0.3) is 0 Å². The van der Waals surface area contributed by atoms with Crippen LogP contribution in [0.1, 0.15) is 19.8 Å². The quantitative estimate of drug-likeness (QED) is 0.784. The lowest BCUT2D eigenvalue weighted by molar-refractivity contribution is 0.182. The molecule has 0 spiro atoms. The van der Waals surface area contributed by atoms with Gasteiger partial charge in [-0.2, -0.15) is 4.98 Å². The average molecular weight is 238 g/mol. The van der Waals surface area contributed by atoms with Gasteiger partial charge >= 0.3 is 0 Å². The van der Waals surface area contributed by atoms with Crippen molar-refractivity contribution in [2.24, 2.45) is 0 Å². The first kappa shape index (κ1) is 13.7. The molecule has 0 aliphatic rings. The highest BCUT2D eigenvalue weighted by Gasteiger charge is 2.08. The molecule has 0 fully saturated rings. The third-order valence-electron chi connectivity index (χ3n) is 2.40. The summed E-state index contributed by atoms with van der Waals surface area (Å²) in [5, 5.41) is 3.37. The summed E-state index contributed by atoms with van der Waals surface area (Å²) in [6.07, 6.45) is 3.95. The van der Waals surface area contributed by atoms with Crippen molar-refractivity contribution in [3.63, 3.8) is 0 Å². The summed E-state index contributed by atoms with van der Waals surface area (Å²) >= 11 is 0. The maximum Gasteiger partial charge on any atom is 0.226 e. The van der Waals surface area contributed by atoms with E-state index in [1.54, 1.807) is 13.3 Å². The Balaban J connectivity index is 2.67. The number of nitrogens with zero attached hydrogens (tertiary/aromatic N) is 3. The van der Waals surface area contributed by atoms with Crippen LogP contribution in [0.5, 0.6) is 0 Å². The smallest absolute Gasteiger partial charge is 0.226 e. The fourth-order valence-corrected chi connectivity index (χ4v) is 1.60. The molecule has 0 amide bonds. The molecule has 5 heteroatoms. The van der Waals surface area contributed by atoms with Gasteiger partial charge in [-0.25, -0.2) is 4.98 Å². The minimum Gasteiger partial charge on any atom is -0.383 e. The van der Waals surface area contributed by atoms with Crippen molar-refractivity contribution in [1.82, 2.24) is 9.97 Å². The van der Waals surface area contributed by atoms with Crippen LogP contribution in [-0.2, 0) is 4.74 Å². The summed E-state index contributed by atoms with van der Waals surface area (Å²) in [5.41, 5.74) is 0. The van der Waals surface area contributed by atoms with E-state index in [2.05, 4.69) is 22.2 Å². The second kappa shape index (κ2) is 7.06. The first-order valence-electron chi connectivity index (χ1n) is 5.93. The molecule has 0 radical (unpaired) electrons. The highest BCUT2D eigenvalue weighted by atomic mass is 16.5. The van der Waals surface area contributed by atoms with Gasteiger partial charge in [0.1, 0.15) is 5.82 Å². The monoisotopic (exact) mass is 238 g/mol.